The summed E-state index contributed by atoms with van der Waals surface area (Å²) in [5, 5.41) is 10.4. The van der Waals surface area contributed by atoms with Gasteiger partial charge in [0.1, 0.15) is 22.6 Å². The molecule has 0 aliphatic carbocycles. The minimum atomic E-state index is -0.121. The van der Waals surface area contributed by atoms with Gasteiger partial charge in [-0.25, -0.2) is 4.98 Å². The molecule has 0 fully saturated rings. The summed E-state index contributed by atoms with van der Waals surface area (Å²) in [7, 11) is 0. The van der Waals surface area contributed by atoms with Crippen LogP contribution < -0.4 is 4.74 Å². The van der Waals surface area contributed by atoms with E-state index in [0.717, 1.165) is 23.3 Å². The molecule has 0 saturated carbocycles. The van der Waals surface area contributed by atoms with E-state index >= 15 is 0 Å². The topological polar surface area (TPSA) is 47.3 Å². The van der Waals surface area contributed by atoms with E-state index in [1.165, 1.54) is 0 Å². The number of phenolic OH excluding ortho intramolecular Hbond substituents is 1. The molecule has 1 aromatic carbocycles. The van der Waals surface area contributed by atoms with Crippen molar-refractivity contribution in [1.82, 2.24) is 9.55 Å². The minimum absolute atomic E-state index is 0.121. The molecule has 112 valence electrons. The van der Waals surface area contributed by atoms with Crippen LogP contribution in [0.4, 0.5) is 0 Å². The van der Waals surface area contributed by atoms with Crippen molar-refractivity contribution in [2.24, 2.45) is 0 Å². The van der Waals surface area contributed by atoms with Crippen molar-refractivity contribution in [3.05, 3.63) is 40.4 Å². The fraction of sp³-hybridized carbons (Fsp3) is 0.438. The lowest BCUT2D eigenvalue weighted by Crippen LogP contribution is -2.24. The molecule has 0 spiro atoms. The summed E-state index contributed by atoms with van der Waals surface area (Å²) in [5.41, 5.74) is 1.93. The Hall–Kier alpha value is -1.49. The van der Waals surface area contributed by atoms with Crippen molar-refractivity contribution in [2.45, 2.75) is 38.6 Å². The zero-order chi connectivity index (χ0) is 15.2. The molecular formula is C16H19BrN2O2. The lowest BCUT2D eigenvalue weighted by Gasteiger charge is -2.30. The molecular weight excluding hydrogens is 332 g/mol. The van der Waals surface area contributed by atoms with Gasteiger partial charge < -0.3 is 14.4 Å². The van der Waals surface area contributed by atoms with Crippen molar-refractivity contribution < 1.29 is 9.84 Å². The van der Waals surface area contributed by atoms with Crippen molar-refractivity contribution in [2.75, 3.05) is 6.61 Å². The monoisotopic (exact) mass is 350 g/mol. The average Bonchev–Trinajstić information content (AvgIpc) is 2.95. The third kappa shape index (κ3) is 2.55. The predicted octanol–water partition coefficient (Wildman–Crippen LogP) is 3.82. The van der Waals surface area contributed by atoms with Gasteiger partial charge >= 0.3 is 0 Å². The highest BCUT2D eigenvalue weighted by Crippen LogP contribution is 2.46. The summed E-state index contributed by atoms with van der Waals surface area (Å²) in [6.07, 6.45) is 6.43. The molecule has 1 aliphatic rings. The van der Waals surface area contributed by atoms with Crippen LogP contribution in [0, 0.1) is 0 Å². The Morgan fingerprint density at radius 1 is 1.43 bits per heavy atom. The molecule has 2 aromatic rings. The van der Waals surface area contributed by atoms with E-state index in [1.807, 2.05) is 12.5 Å². The smallest absolute Gasteiger partial charge is 0.140 e. The number of hydrogen-bond acceptors (Lipinski definition) is 3. The number of benzene rings is 1. The third-order valence-electron chi connectivity index (χ3n) is 3.90. The number of fused-ring (bicyclic) bond motifs is 1. The van der Waals surface area contributed by atoms with Gasteiger partial charge in [0.2, 0.25) is 0 Å². The van der Waals surface area contributed by atoms with Crippen LogP contribution >= 0.6 is 15.9 Å². The van der Waals surface area contributed by atoms with Gasteiger partial charge in [0, 0.05) is 24.4 Å². The van der Waals surface area contributed by atoms with E-state index in [-0.39, 0.29) is 17.2 Å². The number of rotatable bonds is 1. The Labute approximate surface area is 132 Å². The van der Waals surface area contributed by atoms with Crippen LogP contribution in [0.5, 0.6) is 11.5 Å². The number of phenols is 1. The standard InChI is InChI=1S/C16H19BrN2O2/c1-16(2,3)12-7-10-6-11(19-5-4-18-9-19)8-21-15(10)13(17)14(12)20/h4-5,7,9,11,20H,6,8H2,1-3H3. The molecule has 3 rings (SSSR count). The first-order chi connectivity index (χ1) is 9.88. The lowest BCUT2D eigenvalue weighted by atomic mass is 9.84. The normalized spacial score (nSPS) is 18.2. The number of nitrogens with zero attached hydrogens (tertiary/aromatic N) is 2. The van der Waals surface area contributed by atoms with Crippen molar-refractivity contribution in [1.29, 1.82) is 0 Å². The van der Waals surface area contributed by atoms with Crippen LogP contribution in [-0.4, -0.2) is 21.3 Å². The molecule has 2 heterocycles. The van der Waals surface area contributed by atoms with Gasteiger partial charge in [-0.1, -0.05) is 20.8 Å². The van der Waals surface area contributed by atoms with Crippen molar-refractivity contribution in [3.8, 4) is 11.5 Å². The molecule has 0 amide bonds. The number of imidazole rings is 1. The van der Waals surface area contributed by atoms with E-state index in [2.05, 4.69) is 52.3 Å². The molecule has 1 unspecified atom stereocenters. The molecule has 0 saturated heterocycles. The van der Waals surface area contributed by atoms with Crippen molar-refractivity contribution >= 4 is 15.9 Å². The zero-order valence-corrected chi connectivity index (χ0v) is 14.0. The third-order valence-corrected chi connectivity index (χ3v) is 4.64. The number of aromatic hydroxyl groups is 1. The van der Waals surface area contributed by atoms with E-state index in [4.69, 9.17) is 4.74 Å². The summed E-state index contributed by atoms with van der Waals surface area (Å²) in [6.45, 7) is 6.87. The van der Waals surface area contributed by atoms with Crippen LogP contribution in [0.1, 0.15) is 37.9 Å². The Morgan fingerprint density at radius 3 is 2.81 bits per heavy atom. The van der Waals surface area contributed by atoms with Gasteiger partial charge in [0.25, 0.3) is 0 Å². The zero-order valence-electron chi connectivity index (χ0n) is 12.4. The number of hydrogen-bond donors (Lipinski definition) is 1. The second-order valence-electron chi connectivity index (χ2n) is 6.50. The van der Waals surface area contributed by atoms with Crippen LogP contribution in [0.15, 0.2) is 29.3 Å². The van der Waals surface area contributed by atoms with Crippen LogP contribution in [-0.2, 0) is 11.8 Å². The minimum Gasteiger partial charge on any atom is -0.506 e. The number of ether oxygens (including phenoxy) is 1. The van der Waals surface area contributed by atoms with Crippen LogP contribution in [0.3, 0.4) is 0 Å². The van der Waals surface area contributed by atoms with Crippen molar-refractivity contribution in [3.63, 3.8) is 0 Å². The SMILES string of the molecule is CC(C)(C)c1cc2c(c(Br)c1O)OCC(n1ccnc1)C2. The summed E-state index contributed by atoms with van der Waals surface area (Å²) in [4.78, 5) is 4.10. The Bertz CT molecular complexity index is 660. The summed E-state index contributed by atoms with van der Waals surface area (Å²) >= 11 is 3.48. The van der Waals surface area contributed by atoms with Gasteiger partial charge in [-0.15, -0.1) is 0 Å². The van der Waals surface area contributed by atoms with Gasteiger partial charge in [-0.2, -0.15) is 0 Å². The Kier molecular flexibility index (Phi) is 3.48. The summed E-state index contributed by atoms with van der Waals surface area (Å²) in [6, 6.07) is 2.31. The fourth-order valence-electron chi connectivity index (χ4n) is 2.72. The van der Waals surface area contributed by atoms with Crippen LogP contribution in [0.2, 0.25) is 0 Å². The second-order valence-corrected chi connectivity index (χ2v) is 7.30. The number of halogens is 1. The first-order valence-corrected chi connectivity index (χ1v) is 7.82. The fourth-order valence-corrected chi connectivity index (χ4v) is 3.31. The van der Waals surface area contributed by atoms with E-state index in [0.29, 0.717) is 11.1 Å². The summed E-state index contributed by atoms with van der Waals surface area (Å²) in [5.74, 6) is 1.04. The average molecular weight is 351 g/mol. The maximum atomic E-state index is 10.4. The highest BCUT2D eigenvalue weighted by molar-refractivity contribution is 9.10. The largest absolute Gasteiger partial charge is 0.506 e. The number of aromatic nitrogens is 2. The first-order valence-electron chi connectivity index (χ1n) is 7.03. The first kappa shape index (κ1) is 14.4. The molecule has 4 nitrogen and oxygen atoms in total. The molecule has 5 heteroatoms. The van der Waals surface area contributed by atoms with Crippen LogP contribution in [0.25, 0.3) is 0 Å². The van der Waals surface area contributed by atoms with Gasteiger partial charge in [0.15, 0.2) is 0 Å². The summed E-state index contributed by atoms with van der Waals surface area (Å²) < 4.78 is 8.61. The second kappa shape index (κ2) is 5.05. The molecule has 1 aliphatic heterocycles. The maximum absolute atomic E-state index is 10.4. The molecule has 1 atom stereocenters. The van der Waals surface area contributed by atoms with E-state index in [9.17, 15) is 5.11 Å². The maximum Gasteiger partial charge on any atom is 0.140 e. The molecule has 1 N–H and O–H groups in total. The molecule has 0 bridgehead atoms. The quantitative estimate of drug-likeness (QED) is 0.850. The van der Waals surface area contributed by atoms with E-state index in [1.54, 1.807) is 6.20 Å². The van der Waals surface area contributed by atoms with E-state index < -0.39 is 0 Å². The van der Waals surface area contributed by atoms with Gasteiger partial charge in [-0.3, -0.25) is 0 Å². The molecule has 0 radical (unpaired) electrons. The van der Waals surface area contributed by atoms with Gasteiger partial charge in [-0.05, 0) is 33.0 Å². The molecule has 21 heavy (non-hydrogen) atoms. The Balaban J connectivity index is 2.03. The Morgan fingerprint density at radius 2 is 2.19 bits per heavy atom. The predicted molar refractivity (Wildman–Crippen MR) is 85.0 cm³/mol. The molecule has 1 aromatic heterocycles. The van der Waals surface area contributed by atoms with Gasteiger partial charge in [0.05, 0.1) is 12.4 Å². The highest BCUT2D eigenvalue weighted by atomic mass is 79.9. The highest BCUT2D eigenvalue weighted by Gasteiger charge is 2.29. The lowest BCUT2D eigenvalue weighted by molar-refractivity contribution is 0.220.